The molecule has 0 bridgehead atoms. The number of anilines is 1. The number of halogens is 2. The van der Waals surface area contributed by atoms with Gasteiger partial charge >= 0.3 is 0 Å². The van der Waals surface area contributed by atoms with Crippen LogP contribution in [-0.2, 0) is 0 Å². The van der Waals surface area contributed by atoms with Crippen molar-refractivity contribution in [1.82, 2.24) is 4.98 Å². The summed E-state index contributed by atoms with van der Waals surface area (Å²) in [7, 11) is 0. The van der Waals surface area contributed by atoms with Crippen molar-refractivity contribution in [3.8, 4) is 0 Å². The summed E-state index contributed by atoms with van der Waals surface area (Å²) >= 11 is 2.28. The summed E-state index contributed by atoms with van der Waals surface area (Å²) in [6, 6.07) is 11.2. The van der Waals surface area contributed by atoms with Gasteiger partial charge in [-0.3, -0.25) is 4.98 Å². The van der Waals surface area contributed by atoms with Crippen molar-refractivity contribution in [1.29, 1.82) is 0 Å². The maximum absolute atomic E-state index is 12.8. The highest BCUT2D eigenvalue weighted by Crippen LogP contribution is 2.22. The van der Waals surface area contributed by atoms with Gasteiger partial charge in [0.2, 0.25) is 0 Å². The fourth-order valence-electron chi connectivity index (χ4n) is 1.53. The first kappa shape index (κ1) is 12.3. The Labute approximate surface area is 113 Å². The summed E-state index contributed by atoms with van der Waals surface area (Å²) in [5.41, 5.74) is 1.89. The highest BCUT2D eigenvalue weighted by atomic mass is 127. The molecule has 1 aromatic carbocycles. The summed E-state index contributed by atoms with van der Waals surface area (Å²) in [6.07, 6.45) is 1.24. The molecule has 1 unspecified atom stereocenters. The Kier molecular flexibility index (Phi) is 3.93. The van der Waals surface area contributed by atoms with Crippen LogP contribution >= 0.6 is 22.6 Å². The first-order valence-corrected chi connectivity index (χ1v) is 6.37. The molecule has 0 aliphatic heterocycles. The molecule has 0 fully saturated rings. The van der Waals surface area contributed by atoms with Crippen molar-refractivity contribution in [3.63, 3.8) is 0 Å². The lowest BCUT2D eigenvalue weighted by Crippen LogP contribution is -2.09. The predicted molar refractivity (Wildman–Crippen MR) is 75.4 cm³/mol. The molecular formula is C13H12FIN2. The van der Waals surface area contributed by atoms with Crippen LogP contribution in [0.2, 0.25) is 0 Å². The SMILES string of the molecule is CC(Nc1ccccc1I)c1ccc(F)cn1. The van der Waals surface area contributed by atoms with E-state index in [0.29, 0.717) is 0 Å². The number of rotatable bonds is 3. The molecule has 88 valence electrons. The predicted octanol–water partition coefficient (Wildman–Crippen LogP) is 4.00. The summed E-state index contributed by atoms with van der Waals surface area (Å²) in [5.74, 6) is -0.310. The zero-order valence-electron chi connectivity index (χ0n) is 9.32. The summed E-state index contributed by atoms with van der Waals surface area (Å²) in [4.78, 5) is 4.06. The molecule has 2 nitrogen and oxygen atoms in total. The van der Waals surface area contributed by atoms with Gasteiger partial charge in [-0.25, -0.2) is 4.39 Å². The summed E-state index contributed by atoms with van der Waals surface area (Å²) in [5, 5.41) is 3.35. The van der Waals surface area contributed by atoms with Gasteiger partial charge in [-0.1, -0.05) is 12.1 Å². The Bertz CT molecular complexity index is 499. The Hall–Kier alpha value is -1.17. The van der Waals surface area contributed by atoms with E-state index in [1.54, 1.807) is 6.07 Å². The van der Waals surface area contributed by atoms with E-state index in [4.69, 9.17) is 0 Å². The number of hydrogen-bond acceptors (Lipinski definition) is 2. The number of para-hydroxylation sites is 1. The lowest BCUT2D eigenvalue weighted by molar-refractivity contribution is 0.617. The van der Waals surface area contributed by atoms with Gasteiger partial charge in [0.15, 0.2) is 0 Å². The minimum atomic E-state index is -0.310. The van der Waals surface area contributed by atoms with Crippen molar-refractivity contribution in [2.45, 2.75) is 13.0 Å². The molecule has 0 aliphatic rings. The zero-order chi connectivity index (χ0) is 12.3. The van der Waals surface area contributed by atoms with Crippen LogP contribution in [0.3, 0.4) is 0 Å². The van der Waals surface area contributed by atoms with E-state index in [9.17, 15) is 4.39 Å². The van der Waals surface area contributed by atoms with Gasteiger partial charge in [-0.05, 0) is 53.8 Å². The lowest BCUT2D eigenvalue weighted by Gasteiger charge is -2.15. The highest BCUT2D eigenvalue weighted by molar-refractivity contribution is 14.1. The van der Waals surface area contributed by atoms with Crippen LogP contribution < -0.4 is 5.32 Å². The molecule has 1 aromatic heterocycles. The molecule has 0 amide bonds. The quantitative estimate of drug-likeness (QED) is 0.853. The van der Waals surface area contributed by atoms with Crippen LogP contribution in [-0.4, -0.2) is 4.98 Å². The van der Waals surface area contributed by atoms with E-state index in [-0.39, 0.29) is 11.9 Å². The average molecular weight is 342 g/mol. The second-order valence-corrected chi connectivity index (χ2v) is 4.91. The van der Waals surface area contributed by atoms with E-state index in [1.807, 2.05) is 31.2 Å². The largest absolute Gasteiger partial charge is 0.376 e. The Morgan fingerprint density at radius 2 is 2.00 bits per heavy atom. The van der Waals surface area contributed by atoms with Crippen molar-refractivity contribution in [2.24, 2.45) is 0 Å². The standard InChI is InChI=1S/C13H12FIN2/c1-9(12-7-6-10(14)8-16-12)17-13-5-3-2-4-11(13)15/h2-9,17H,1H3. The van der Waals surface area contributed by atoms with Gasteiger partial charge in [0.05, 0.1) is 17.9 Å². The number of pyridine rings is 1. The van der Waals surface area contributed by atoms with Crippen LogP contribution in [0.25, 0.3) is 0 Å². The maximum Gasteiger partial charge on any atom is 0.141 e. The van der Waals surface area contributed by atoms with Crippen molar-refractivity contribution in [3.05, 3.63) is 57.7 Å². The third-order valence-corrected chi connectivity index (χ3v) is 3.38. The molecule has 0 aliphatic carbocycles. The van der Waals surface area contributed by atoms with Gasteiger partial charge < -0.3 is 5.32 Å². The maximum atomic E-state index is 12.8. The molecular weight excluding hydrogens is 330 g/mol. The second kappa shape index (κ2) is 5.44. The highest BCUT2D eigenvalue weighted by Gasteiger charge is 2.08. The topological polar surface area (TPSA) is 24.9 Å². The van der Waals surface area contributed by atoms with Gasteiger partial charge in [0, 0.05) is 9.26 Å². The minimum absolute atomic E-state index is 0.0477. The minimum Gasteiger partial charge on any atom is -0.376 e. The van der Waals surface area contributed by atoms with E-state index in [0.717, 1.165) is 15.0 Å². The fraction of sp³-hybridized carbons (Fsp3) is 0.154. The van der Waals surface area contributed by atoms with Crippen LogP contribution in [0.4, 0.5) is 10.1 Å². The average Bonchev–Trinajstić information content (AvgIpc) is 2.33. The molecule has 1 N–H and O–H groups in total. The van der Waals surface area contributed by atoms with Gasteiger partial charge in [-0.15, -0.1) is 0 Å². The van der Waals surface area contributed by atoms with E-state index < -0.39 is 0 Å². The van der Waals surface area contributed by atoms with Crippen molar-refractivity contribution in [2.75, 3.05) is 5.32 Å². The summed E-state index contributed by atoms with van der Waals surface area (Å²) < 4.78 is 13.9. The monoisotopic (exact) mass is 342 g/mol. The number of nitrogens with one attached hydrogen (secondary N) is 1. The molecule has 1 heterocycles. The Balaban J connectivity index is 2.14. The Morgan fingerprint density at radius 3 is 2.65 bits per heavy atom. The number of benzene rings is 1. The smallest absolute Gasteiger partial charge is 0.141 e. The van der Waals surface area contributed by atoms with E-state index in [1.165, 1.54) is 12.3 Å². The molecule has 17 heavy (non-hydrogen) atoms. The molecule has 0 saturated heterocycles. The fourth-order valence-corrected chi connectivity index (χ4v) is 2.07. The third kappa shape index (κ3) is 3.15. The molecule has 2 aromatic rings. The molecule has 2 rings (SSSR count). The molecule has 0 radical (unpaired) electrons. The van der Waals surface area contributed by atoms with Crippen LogP contribution in [0.15, 0.2) is 42.6 Å². The van der Waals surface area contributed by atoms with Crippen LogP contribution in [0.1, 0.15) is 18.7 Å². The van der Waals surface area contributed by atoms with Crippen molar-refractivity contribution < 1.29 is 4.39 Å². The Morgan fingerprint density at radius 1 is 1.24 bits per heavy atom. The first-order valence-electron chi connectivity index (χ1n) is 5.29. The number of aromatic nitrogens is 1. The molecule has 0 saturated carbocycles. The van der Waals surface area contributed by atoms with Crippen LogP contribution in [0, 0.1) is 9.39 Å². The van der Waals surface area contributed by atoms with Gasteiger partial charge in [0.25, 0.3) is 0 Å². The third-order valence-electron chi connectivity index (χ3n) is 2.44. The molecule has 1 atom stereocenters. The van der Waals surface area contributed by atoms with Gasteiger partial charge in [-0.2, -0.15) is 0 Å². The van der Waals surface area contributed by atoms with Gasteiger partial charge in [0.1, 0.15) is 5.82 Å². The zero-order valence-corrected chi connectivity index (χ0v) is 11.5. The second-order valence-electron chi connectivity index (χ2n) is 3.75. The normalized spacial score (nSPS) is 12.2. The van der Waals surface area contributed by atoms with Crippen LogP contribution in [0.5, 0.6) is 0 Å². The van der Waals surface area contributed by atoms with E-state index in [2.05, 4.69) is 32.9 Å². The molecule has 4 heteroatoms. The number of hydrogen-bond donors (Lipinski definition) is 1. The van der Waals surface area contributed by atoms with E-state index >= 15 is 0 Å². The molecule has 0 spiro atoms. The number of nitrogens with zero attached hydrogens (tertiary/aromatic N) is 1. The summed E-state index contributed by atoms with van der Waals surface area (Å²) in [6.45, 7) is 2.00. The van der Waals surface area contributed by atoms with Crippen molar-refractivity contribution >= 4 is 28.3 Å². The lowest BCUT2D eigenvalue weighted by atomic mass is 10.2. The first-order chi connectivity index (χ1) is 8.16.